The average Bonchev–Trinajstić information content (AvgIpc) is 2.56. The number of carbonyl (C=O) groups excluding carboxylic acids is 2. The highest BCUT2D eigenvalue weighted by Gasteiger charge is 2.19. The highest BCUT2D eigenvalue weighted by Crippen LogP contribution is 2.28. The quantitative estimate of drug-likeness (QED) is 0.885. The van der Waals surface area contributed by atoms with Crippen LogP contribution in [-0.4, -0.2) is 25.0 Å². The Morgan fingerprint density at radius 3 is 2.42 bits per heavy atom. The van der Waals surface area contributed by atoms with Crippen molar-refractivity contribution >= 4 is 23.2 Å². The number of carbonyl (C=O) groups is 2. The Kier molecular flexibility index (Phi) is 5.95. The van der Waals surface area contributed by atoms with E-state index < -0.39 is 0 Å². The first kappa shape index (κ1) is 17.5. The third kappa shape index (κ3) is 4.35. The molecule has 0 aliphatic rings. The third-order valence-electron chi connectivity index (χ3n) is 3.56. The molecule has 0 heterocycles. The number of ether oxygens (including phenoxy) is 1. The smallest absolute Gasteiger partial charge is 0.244 e. The molecular weight excluding hydrogens is 304 g/mol. The van der Waals surface area contributed by atoms with Gasteiger partial charge in [-0.1, -0.05) is 30.3 Å². The molecular formula is C19H22N2O3. The molecule has 0 aliphatic heterocycles. The van der Waals surface area contributed by atoms with Crippen molar-refractivity contribution in [1.29, 1.82) is 0 Å². The summed E-state index contributed by atoms with van der Waals surface area (Å²) in [5, 5.41) is 2.84. The molecule has 0 bridgehead atoms. The number of anilines is 2. The van der Waals surface area contributed by atoms with Gasteiger partial charge in [0.1, 0.15) is 12.3 Å². The average molecular weight is 326 g/mol. The Morgan fingerprint density at radius 1 is 1.08 bits per heavy atom. The van der Waals surface area contributed by atoms with Gasteiger partial charge in [-0.25, -0.2) is 0 Å². The number of benzene rings is 2. The summed E-state index contributed by atoms with van der Waals surface area (Å²) in [7, 11) is 0. The van der Waals surface area contributed by atoms with Crippen molar-refractivity contribution in [3.05, 3.63) is 54.1 Å². The van der Waals surface area contributed by atoms with Crippen molar-refractivity contribution in [3.8, 4) is 5.75 Å². The summed E-state index contributed by atoms with van der Waals surface area (Å²) in [5.41, 5.74) is 2.30. The summed E-state index contributed by atoms with van der Waals surface area (Å²) in [6.07, 6.45) is 0. The van der Waals surface area contributed by atoms with Crippen LogP contribution in [-0.2, 0) is 9.59 Å². The topological polar surface area (TPSA) is 58.6 Å². The van der Waals surface area contributed by atoms with Crippen molar-refractivity contribution in [1.82, 2.24) is 0 Å². The number of hydrogen-bond acceptors (Lipinski definition) is 3. The zero-order chi connectivity index (χ0) is 17.5. The molecule has 0 unspecified atom stereocenters. The minimum Gasteiger partial charge on any atom is -0.492 e. The molecule has 2 amide bonds. The van der Waals surface area contributed by atoms with E-state index in [4.69, 9.17) is 4.74 Å². The van der Waals surface area contributed by atoms with Gasteiger partial charge in [0.2, 0.25) is 11.8 Å². The molecule has 0 atom stereocenters. The van der Waals surface area contributed by atoms with Gasteiger partial charge in [-0.3, -0.25) is 14.5 Å². The Hall–Kier alpha value is -2.82. The van der Waals surface area contributed by atoms with Gasteiger partial charge in [0.05, 0.1) is 12.3 Å². The number of nitrogens with one attached hydrogen (secondary N) is 1. The van der Waals surface area contributed by atoms with E-state index in [-0.39, 0.29) is 18.4 Å². The fourth-order valence-corrected chi connectivity index (χ4v) is 2.37. The summed E-state index contributed by atoms with van der Waals surface area (Å²) in [6, 6.07) is 14.7. The summed E-state index contributed by atoms with van der Waals surface area (Å²) in [6.45, 7) is 5.64. The normalized spacial score (nSPS) is 10.1. The Labute approximate surface area is 142 Å². The van der Waals surface area contributed by atoms with E-state index in [2.05, 4.69) is 5.32 Å². The predicted octanol–water partition coefficient (Wildman–Crippen LogP) is 3.39. The predicted molar refractivity (Wildman–Crippen MR) is 95.4 cm³/mol. The Morgan fingerprint density at radius 2 is 1.75 bits per heavy atom. The van der Waals surface area contributed by atoms with Crippen LogP contribution < -0.4 is 15.0 Å². The van der Waals surface area contributed by atoms with Gasteiger partial charge in [-0.05, 0) is 37.6 Å². The van der Waals surface area contributed by atoms with E-state index in [0.29, 0.717) is 18.0 Å². The molecule has 2 rings (SSSR count). The van der Waals surface area contributed by atoms with Crippen LogP contribution in [0.25, 0.3) is 0 Å². The molecule has 5 heteroatoms. The van der Waals surface area contributed by atoms with Crippen LogP contribution >= 0.6 is 0 Å². The maximum absolute atomic E-state index is 12.4. The van der Waals surface area contributed by atoms with Crippen LogP contribution in [0.1, 0.15) is 19.4 Å². The first-order chi connectivity index (χ1) is 11.5. The second-order valence-corrected chi connectivity index (χ2v) is 5.37. The van der Waals surface area contributed by atoms with Crippen molar-refractivity contribution in [2.45, 2.75) is 20.8 Å². The Balaban J connectivity index is 2.19. The molecule has 0 aromatic heterocycles. The fourth-order valence-electron chi connectivity index (χ4n) is 2.37. The zero-order valence-electron chi connectivity index (χ0n) is 14.2. The minimum absolute atomic E-state index is 0.0756. The standard InChI is InChI=1S/C19H22N2O3/c1-4-24-18-12-8-7-11-17(18)21(15(3)22)13-19(23)20-16-10-6-5-9-14(16)2/h5-12H,4,13H2,1-3H3,(H,20,23). The van der Waals surface area contributed by atoms with Gasteiger partial charge in [-0.15, -0.1) is 0 Å². The minimum atomic E-state index is -0.259. The number of nitrogens with zero attached hydrogens (tertiary/aromatic N) is 1. The monoisotopic (exact) mass is 326 g/mol. The van der Waals surface area contributed by atoms with Crippen LogP contribution in [0.3, 0.4) is 0 Å². The molecule has 0 saturated heterocycles. The van der Waals surface area contributed by atoms with Gasteiger partial charge in [0.15, 0.2) is 0 Å². The molecule has 0 saturated carbocycles. The van der Waals surface area contributed by atoms with E-state index in [1.807, 2.05) is 50.2 Å². The van der Waals surface area contributed by atoms with E-state index in [9.17, 15) is 9.59 Å². The first-order valence-electron chi connectivity index (χ1n) is 7.88. The molecule has 0 radical (unpaired) electrons. The van der Waals surface area contributed by atoms with Gasteiger partial charge < -0.3 is 10.1 Å². The van der Waals surface area contributed by atoms with Crippen molar-refractivity contribution in [2.75, 3.05) is 23.4 Å². The summed E-state index contributed by atoms with van der Waals surface area (Å²) >= 11 is 0. The van der Waals surface area contributed by atoms with Crippen molar-refractivity contribution < 1.29 is 14.3 Å². The maximum Gasteiger partial charge on any atom is 0.244 e. The molecule has 0 spiro atoms. The lowest BCUT2D eigenvalue weighted by atomic mass is 10.2. The largest absolute Gasteiger partial charge is 0.492 e. The molecule has 0 fully saturated rings. The highest BCUT2D eigenvalue weighted by atomic mass is 16.5. The third-order valence-corrected chi connectivity index (χ3v) is 3.56. The van der Waals surface area contributed by atoms with Crippen LogP contribution in [0.4, 0.5) is 11.4 Å². The second-order valence-electron chi connectivity index (χ2n) is 5.37. The van der Waals surface area contributed by atoms with Crippen LogP contribution in [0, 0.1) is 6.92 Å². The van der Waals surface area contributed by atoms with Crippen molar-refractivity contribution in [3.63, 3.8) is 0 Å². The maximum atomic E-state index is 12.4. The molecule has 1 N–H and O–H groups in total. The Bertz CT molecular complexity index is 728. The lowest BCUT2D eigenvalue weighted by molar-refractivity contribution is -0.120. The van der Waals surface area contributed by atoms with Gasteiger partial charge in [0, 0.05) is 12.6 Å². The molecule has 2 aromatic rings. The number of para-hydroxylation sites is 3. The summed E-state index contributed by atoms with van der Waals surface area (Å²) in [5.74, 6) is 0.103. The number of hydrogen-bond donors (Lipinski definition) is 1. The van der Waals surface area contributed by atoms with Crippen molar-refractivity contribution in [2.24, 2.45) is 0 Å². The SMILES string of the molecule is CCOc1ccccc1N(CC(=O)Nc1ccccc1C)C(C)=O. The van der Waals surface area contributed by atoms with Crippen LogP contribution in [0.15, 0.2) is 48.5 Å². The van der Waals surface area contributed by atoms with E-state index in [1.54, 1.807) is 12.1 Å². The lowest BCUT2D eigenvalue weighted by Crippen LogP contribution is -2.37. The first-order valence-corrected chi connectivity index (χ1v) is 7.88. The second kappa shape index (κ2) is 8.15. The van der Waals surface area contributed by atoms with Gasteiger partial charge in [-0.2, -0.15) is 0 Å². The van der Waals surface area contributed by atoms with Crippen LogP contribution in [0.5, 0.6) is 5.75 Å². The molecule has 24 heavy (non-hydrogen) atoms. The fraction of sp³-hybridized carbons (Fsp3) is 0.263. The zero-order valence-corrected chi connectivity index (χ0v) is 14.2. The molecule has 126 valence electrons. The molecule has 5 nitrogen and oxygen atoms in total. The van der Waals surface area contributed by atoms with E-state index >= 15 is 0 Å². The lowest BCUT2D eigenvalue weighted by Gasteiger charge is -2.23. The molecule has 2 aromatic carbocycles. The van der Waals surface area contributed by atoms with Gasteiger partial charge >= 0.3 is 0 Å². The van der Waals surface area contributed by atoms with Crippen LogP contribution in [0.2, 0.25) is 0 Å². The van der Waals surface area contributed by atoms with E-state index in [1.165, 1.54) is 11.8 Å². The van der Waals surface area contributed by atoms with Gasteiger partial charge in [0.25, 0.3) is 0 Å². The number of aryl methyl sites for hydroxylation is 1. The molecule has 0 aliphatic carbocycles. The summed E-state index contributed by atoms with van der Waals surface area (Å²) in [4.78, 5) is 25.8. The van der Waals surface area contributed by atoms with E-state index in [0.717, 1.165) is 11.3 Å². The summed E-state index contributed by atoms with van der Waals surface area (Å²) < 4.78 is 5.56. The number of amides is 2. The number of rotatable bonds is 6. The highest BCUT2D eigenvalue weighted by molar-refractivity contribution is 6.02.